The van der Waals surface area contributed by atoms with Crippen molar-refractivity contribution >= 4 is 17.6 Å². The fourth-order valence-electron chi connectivity index (χ4n) is 3.19. The summed E-state index contributed by atoms with van der Waals surface area (Å²) in [5.74, 6) is 0.466. The third-order valence-corrected chi connectivity index (χ3v) is 4.54. The highest BCUT2D eigenvalue weighted by atomic mass is 14.9. The second kappa shape index (κ2) is 6.48. The summed E-state index contributed by atoms with van der Waals surface area (Å²) in [6.45, 7) is 10.0. The standard InChI is InChI=1S/C22H24N2/c1-5-16-10-18(8-9-22(16)24-15(4)23)17-6-7-19-11-20(14(2)3)13-21(19)12-17/h6-12H,2,5,13H2,1,3-4H3,(H2,23,24). The minimum absolute atomic E-state index is 0.466. The molecule has 0 heterocycles. The van der Waals surface area contributed by atoms with Crippen LogP contribution in [0.5, 0.6) is 0 Å². The molecule has 0 aromatic heterocycles. The van der Waals surface area contributed by atoms with Gasteiger partial charge in [0, 0.05) is 5.69 Å². The number of rotatable bonds is 4. The molecule has 0 radical (unpaired) electrons. The van der Waals surface area contributed by atoms with E-state index >= 15 is 0 Å². The van der Waals surface area contributed by atoms with E-state index in [-0.39, 0.29) is 0 Å². The maximum atomic E-state index is 7.63. The number of allylic oxidation sites excluding steroid dienone is 2. The summed E-state index contributed by atoms with van der Waals surface area (Å²) in [5.41, 5.74) is 9.91. The van der Waals surface area contributed by atoms with Gasteiger partial charge in [-0.2, -0.15) is 0 Å². The molecule has 2 heteroatoms. The van der Waals surface area contributed by atoms with Crippen molar-refractivity contribution in [3.8, 4) is 11.1 Å². The number of hydrogen-bond donors (Lipinski definition) is 2. The van der Waals surface area contributed by atoms with Crippen LogP contribution in [0.4, 0.5) is 5.69 Å². The molecule has 2 aromatic rings. The summed E-state index contributed by atoms with van der Waals surface area (Å²) in [5, 5.41) is 10.8. The molecule has 2 N–H and O–H groups in total. The quantitative estimate of drug-likeness (QED) is 0.539. The van der Waals surface area contributed by atoms with Crippen LogP contribution in [0.1, 0.15) is 37.5 Å². The van der Waals surface area contributed by atoms with Gasteiger partial charge in [-0.15, -0.1) is 0 Å². The smallest absolute Gasteiger partial charge is 0.0944 e. The molecule has 0 bridgehead atoms. The van der Waals surface area contributed by atoms with Gasteiger partial charge in [-0.1, -0.05) is 49.4 Å². The van der Waals surface area contributed by atoms with Gasteiger partial charge >= 0.3 is 0 Å². The van der Waals surface area contributed by atoms with Crippen molar-refractivity contribution in [2.24, 2.45) is 0 Å². The van der Waals surface area contributed by atoms with Crippen LogP contribution in [0, 0.1) is 5.41 Å². The molecule has 1 aliphatic rings. The monoisotopic (exact) mass is 316 g/mol. The molecule has 0 aliphatic heterocycles. The van der Waals surface area contributed by atoms with E-state index in [4.69, 9.17) is 5.41 Å². The van der Waals surface area contributed by atoms with E-state index in [0.717, 1.165) is 24.1 Å². The van der Waals surface area contributed by atoms with E-state index < -0.39 is 0 Å². The normalized spacial score (nSPS) is 12.5. The van der Waals surface area contributed by atoms with Crippen molar-refractivity contribution in [2.75, 3.05) is 5.32 Å². The van der Waals surface area contributed by atoms with Crippen molar-refractivity contribution in [2.45, 2.75) is 33.6 Å². The Kier molecular flexibility index (Phi) is 4.39. The van der Waals surface area contributed by atoms with Crippen molar-refractivity contribution in [3.63, 3.8) is 0 Å². The molecule has 3 rings (SSSR count). The van der Waals surface area contributed by atoms with Gasteiger partial charge in [-0.05, 0) is 72.2 Å². The van der Waals surface area contributed by atoms with Gasteiger partial charge in [0.2, 0.25) is 0 Å². The van der Waals surface area contributed by atoms with Crippen molar-refractivity contribution in [1.29, 1.82) is 5.41 Å². The molecular weight excluding hydrogens is 292 g/mol. The number of hydrogen-bond acceptors (Lipinski definition) is 1. The lowest BCUT2D eigenvalue weighted by molar-refractivity contribution is 1.14. The highest BCUT2D eigenvalue weighted by molar-refractivity contribution is 5.92. The molecule has 0 spiro atoms. The highest BCUT2D eigenvalue weighted by Gasteiger charge is 2.14. The van der Waals surface area contributed by atoms with Crippen molar-refractivity contribution < 1.29 is 0 Å². The summed E-state index contributed by atoms with van der Waals surface area (Å²) >= 11 is 0. The largest absolute Gasteiger partial charge is 0.344 e. The first kappa shape index (κ1) is 16.3. The lowest BCUT2D eigenvalue weighted by atomic mass is 9.97. The van der Waals surface area contributed by atoms with Gasteiger partial charge in [-0.3, -0.25) is 5.41 Å². The number of benzene rings is 2. The molecule has 0 atom stereocenters. The Morgan fingerprint density at radius 1 is 1.12 bits per heavy atom. The second-order valence-corrected chi connectivity index (χ2v) is 6.52. The van der Waals surface area contributed by atoms with Crippen LogP contribution < -0.4 is 5.32 Å². The van der Waals surface area contributed by atoms with Crippen LogP contribution in [0.25, 0.3) is 17.2 Å². The van der Waals surface area contributed by atoms with E-state index in [1.807, 2.05) is 0 Å². The number of fused-ring (bicyclic) bond motifs is 1. The van der Waals surface area contributed by atoms with Crippen molar-refractivity contribution in [1.82, 2.24) is 0 Å². The predicted octanol–water partition coefficient (Wildman–Crippen LogP) is 5.84. The van der Waals surface area contributed by atoms with Crippen LogP contribution in [0.15, 0.2) is 54.1 Å². The minimum Gasteiger partial charge on any atom is -0.344 e. The zero-order valence-corrected chi connectivity index (χ0v) is 14.7. The molecule has 0 unspecified atom stereocenters. The van der Waals surface area contributed by atoms with Crippen LogP contribution in [-0.2, 0) is 12.8 Å². The third kappa shape index (κ3) is 3.18. The average molecular weight is 316 g/mol. The third-order valence-electron chi connectivity index (χ3n) is 4.54. The van der Waals surface area contributed by atoms with E-state index in [2.05, 4.69) is 68.2 Å². The Balaban J connectivity index is 1.93. The molecule has 2 aromatic carbocycles. The van der Waals surface area contributed by atoms with Gasteiger partial charge < -0.3 is 5.32 Å². The van der Waals surface area contributed by atoms with E-state index in [1.54, 1.807) is 6.92 Å². The minimum atomic E-state index is 0.466. The molecule has 0 saturated heterocycles. The summed E-state index contributed by atoms with van der Waals surface area (Å²) in [6.07, 6.45) is 4.17. The summed E-state index contributed by atoms with van der Waals surface area (Å²) in [7, 11) is 0. The first-order valence-corrected chi connectivity index (χ1v) is 8.42. The fourth-order valence-corrected chi connectivity index (χ4v) is 3.19. The maximum absolute atomic E-state index is 7.63. The molecule has 0 fully saturated rings. The van der Waals surface area contributed by atoms with Crippen molar-refractivity contribution in [3.05, 3.63) is 70.8 Å². The summed E-state index contributed by atoms with van der Waals surface area (Å²) < 4.78 is 0. The fraction of sp³-hybridized carbons (Fsp3) is 0.227. The van der Waals surface area contributed by atoms with E-state index in [9.17, 15) is 0 Å². The SMILES string of the molecule is C=C(C)C1=Cc2ccc(-c3ccc(NC(C)=N)c(CC)c3)cc2C1. The Morgan fingerprint density at radius 2 is 1.83 bits per heavy atom. The Morgan fingerprint density at radius 3 is 2.50 bits per heavy atom. The van der Waals surface area contributed by atoms with Crippen LogP contribution in [0.2, 0.25) is 0 Å². The Bertz CT molecular complexity index is 856. The van der Waals surface area contributed by atoms with Crippen LogP contribution in [-0.4, -0.2) is 5.84 Å². The number of nitrogens with one attached hydrogen (secondary N) is 2. The Labute approximate surface area is 144 Å². The molecule has 0 saturated carbocycles. The number of amidine groups is 1. The first-order valence-electron chi connectivity index (χ1n) is 8.42. The maximum Gasteiger partial charge on any atom is 0.0944 e. The zero-order valence-electron chi connectivity index (χ0n) is 14.7. The Hall–Kier alpha value is -2.61. The number of anilines is 1. The zero-order chi connectivity index (χ0) is 17.3. The molecular formula is C22H24N2. The highest BCUT2D eigenvalue weighted by Crippen LogP contribution is 2.33. The second-order valence-electron chi connectivity index (χ2n) is 6.52. The van der Waals surface area contributed by atoms with Crippen LogP contribution in [0.3, 0.4) is 0 Å². The van der Waals surface area contributed by atoms with Gasteiger partial charge in [0.05, 0.1) is 5.84 Å². The molecule has 0 amide bonds. The van der Waals surface area contributed by atoms with Gasteiger partial charge in [0.15, 0.2) is 0 Å². The first-order chi connectivity index (χ1) is 11.5. The van der Waals surface area contributed by atoms with E-state index in [0.29, 0.717) is 5.84 Å². The van der Waals surface area contributed by atoms with E-state index in [1.165, 1.54) is 33.4 Å². The number of aryl methyl sites for hydroxylation is 1. The summed E-state index contributed by atoms with van der Waals surface area (Å²) in [6, 6.07) is 13.1. The predicted molar refractivity (Wildman–Crippen MR) is 105 cm³/mol. The van der Waals surface area contributed by atoms with Crippen LogP contribution >= 0.6 is 0 Å². The molecule has 24 heavy (non-hydrogen) atoms. The molecule has 122 valence electrons. The average Bonchev–Trinajstić information content (AvgIpc) is 2.98. The molecule has 2 nitrogen and oxygen atoms in total. The van der Waals surface area contributed by atoms with Gasteiger partial charge in [-0.25, -0.2) is 0 Å². The lowest BCUT2D eigenvalue weighted by Gasteiger charge is -2.13. The summed E-state index contributed by atoms with van der Waals surface area (Å²) in [4.78, 5) is 0. The lowest BCUT2D eigenvalue weighted by Crippen LogP contribution is -2.07. The van der Waals surface area contributed by atoms with Gasteiger partial charge in [0.25, 0.3) is 0 Å². The topological polar surface area (TPSA) is 35.9 Å². The van der Waals surface area contributed by atoms with Gasteiger partial charge in [0.1, 0.15) is 0 Å². The molecule has 1 aliphatic carbocycles.